The van der Waals surface area contributed by atoms with Crippen molar-refractivity contribution in [3.8, 4) is 0 Å². The average Bonchev–Trinajstić information content (AvgIpc) is 2.46. The minimum Gasteiger partial charge on any atom is -0.198 e. The van der Waals surface area contributed by atoms with Crippen molar-refractivity contribution in [2.45, 2.75) is 40.4 Å². The molecule has 0 radical (unpaired) electrons. The maximum Gasteiger partial charge on any atom is 0.227 e. The first-order valence-electron chi connectivity index (χ1n) is 3.88. The van der Waals surface area contributed by atoms with E-state index < -0.39 is 0 Å². The zero-order valence-corrected chi connectivity index (χ0v) is 7.18. The van der Waals surface area contributed by atoms with E-state index in [2.05, 4.69) is 27.7 Å². The van der Waals surface area contributed by atoms with Crippen molar-refractivity contribution in [3.63, 3.8) is 0 Å². The monoisotopic (exact) mass is 144 g/mol. The van der Waals surface area contributed by atoms with Crippen LogP contribution in [-0.2, 0) is 9.78 Å². The van der Waals surface area contributed by atoms with Crippen LogP contribution in [0, 0.1) is 11.3 Å². The second-order valence-electron chi connectivity index (χ2n) is 3.94. The molecule has 0 spiro atoms. The Morgan fingerprint density at radius 2 is 1.80 bits per heavy atom. The summed E-state index contributed by atoms with van der Waals surface area (Å²) in [6, 6.07) is 0. The molecule has 0 saturated carbocycles. The van der Waals surface area contributed by atoms with Crippen LogP contribution in [0.4, 0.5) is 0 Å². The molecule has 1 unspecified atom stereocenters. The van der Waals surface area contributed by atoms with Crippen LogP contribution in [0.1, 0.15) is 34.1 Å². The van der Waals surface area contributed by atoms with Gasteiger partial charge in [0.05, 0.1) is 0 Å². The van der Waals surface area contributed by atoms with Crippen LogP contribution in [0.2, 0.25) is 0 Å². The van der Waals surface area contributed by atoms with Crippen molar-refractivity contribution in [2.75, 3.05) is 0 Å². The van der Waals surface area contributed by atoms with Gasteiger partial charge in [0.1, 0.15) is 0 Å². The highest BCUT2D eigenvalue weighted by Gasteiger charge is 2.41. The lowest BCUT2D eigenvalue weighted by Gasteiger charge is -2.26. The van der Waals surface area contributed by atoms with Crippen LogP contribution in [0.5, 0.6) is 0 Å². The van der Waals surface area contributed by atoms with Crippen LogP contribution >= 0.6 is 0 Å². The third-order valence-corrected chi connectivity index (χ3v) is 2.09. The van der Waals surface area contributed by atoms with Gasteiger partial charge in [0, 0.05) is 5.92 Å². The molecule has 1 rings (SSSR count). The molecule has 10 heavy (non-hydrogen) atoms. The first kappa shape index (κ1) is 8.02. The SMILES string of the molecule is CCC(C1OO1)C(C)(C)C. The average molecular weight is 144 g/mol. The highest BCUT2D eigenvalue weighted by Crippen LogP contribution is 2.38. The summed E-state index contributed by atoms with van der Waals surface area (Å²) in [6.07, 6.45) is 1.19. The molecule has 0 bridgehead atoms. The number of hydrogen-bond acceptors (Lipinski definition) is 2. The molecular weight excluding hydrogens is 128 g/mol. The first-order valence-corrected chi connectivity index (χ1v) is 3.88. The van der Waals surface area contributed by atoms with E-state index in [0.29, 0.717) is 11.3 Å². The van der Waals surface area contributed by atoms with Crippen molar-refractivity contribution in [3.05, 3.63) is 0 Å². The van der Waals surface area contributed by atoms with Gasteiger partial charge in [0.15, 0.2) is 0 Å². The molecular formula is C8H16O2. The molecule has 1 atom stereocenters. The normalized spacial score (nSPS) is 22.8. The van der Waals surface area contributed by atoms with E-state index in [1.165, 1.54) is 0 Å². The Labute approximate surface area is 62.4 Å². The molecule has 2 heteroatoms. The molecule has 0 aromatic rings. The topological polar surface area (TPSA) is 25.1 Å². The highest BCUT2D eigenvalue weighted by atomic mass is 17.4. The van der Waals surface area contributed by atoms with E-state index in [1.54, 1.807) is 0 Å². The molecule has 0 amide bonds. The van der Waals surface area contributed by atoms with Crippen molar-refractivity contribution in [1.82, 2.24) is 0 Å². The smallest absolute Gasteiger partial charge is 0.198 e. The van der Waals surface area contributed by atoms with Gasteiger partial charge in [-0.25, -0.2) is 0 Å². The first-order chi connectivity index (χ1) is 4.55. The van der Waals surface area contributed by atoms with Gasteiger partial charge in [0.2, 0.25) is 6.29 Å². The summed E-state index contributed by atoms with van der Waals surface area (Å²) >= 11 is 0. The second kappa shape index (κ2) is 2.51. The molecule has 0 aromatic carbocycles. The lowest BCUT2D eigenvalue weighted by molar-refractivity contribution is 0.0850. The van der Waals surface area contributed by atoms with Gasteiger partial charge in [-0.15, -0.1) is 0 Å². The van der Waals surface area contributed by atoms with Crippen molar-refractivity contribution >= 4 is 0 Å². The molecule has 0 aliphatic carbocycles. The quantitative estimate of drug-likeness (QED) is 0.439. The number of hydrogen-bond donors (Lipinski definition) is 0. The summed E-state index contributed by atoms with van der Waals surface area (Å²) in [5.41, 5.74) is 0.302. The Morgan fingerprint density at radius 1 is 1.30 bits per heavy atom. The van der Waals surface area contributed by atoms with Gasteiger partial charge >= 0.3 is 0 Å². The Bertz CT molecular complexity index is 111. The van der Waals surface area contributed by atoms with E-state index in [-0.39, 0.29) is 6.29 Å². The molecule has 1 heterocycles. The summed E-state index contributed by atoms with van der Waals surface area (Å²) in [5.74, 6) is 0.535. The fourth-order valence-corrected chi connectivity index (χ4v) is 1.38. The predicted molar refractivity (Wildman–Crippen MR) is 39.2 cm³/mol. The maximum absolute atomic E-state index is 4.79. The van der Waals surface area contributed by atoms with Crippen LogP contribution in [-0.4, -0.2) is 6.29 Å². The van der Waals surface area contributed by atoms with Gasteiger partial charge < -0.3 is 0 Å². The Morgan fingerprint density at radius 3 is 1.90 bits per heavy atom. The van der Waals surface area contributed by atoms with Crippen LogP contribution in [0.25, 0.3) is 0 Å². The van der Waals surface area contributed by atoms with E-state index in [9.17, 15) is 0 Å². The van der Waals surface area contributed by atoms with Gasteiger partial charge in [-0.3, -0.25) is 0 Å². The second-order valence-corrected chi connectivity index (χ2v) is 3.94. The van der Waals surface area contributed by atoms with Crippen LogP contribution < -0.4 is 0 Å². The molecule has 0 aromatic heterocycles. The van der Waals surface area contributed by atoms with E-state index >= 15 is 0 Å². The van der Waals surface area contributed by atoms with Crippen LogP contribution in [0.3, 0.4) is 0 Å². The third-order valence-electron chi connectivity index (χ3n) is 2.09. The van der Waals surface area contributed by atoms with E-state index in [4.69, 9.17) is 9.78 Å². The molecule has 1 fully saturated rings. The molecule has 1 saturated heterocycles. The summed E-state index contributed by atoms with van der Waals surface area (Å²) < 4.78 is 0. The van der Waals surface area contributed by atoms with E-state index in [1.807, 2.05) is 0 Å². The molecule has 1 aliphatic rings. The fraction of sp³-hybridized carbons (Fsp3) is 1.00. The summed E-state index contributed by atoms with van der Waals surface area (Å²) in [5, 5.41) is 0. The molecule has 2 nitrogen and oxygen atoms in total. The predicted octanol–water partition coefficient (Wildman–Crippen LogP) is 2.35. The Kier molecular flexibility index (Phi) is 2.02. The highest BCUT2D eigenvalue weighted by molar-refractivity contribution is 4.77. The summed E-state index contributed by atoms with van der Waals surface area (Å²) in [6.45, 7) is 8.81. The van der Waals surface area contributed by atoms with Crippen molar-refractivity contribution in [1.29, 1.82) is 0 Å². The van der Waals surface area contributed by atoms with Crippen molar-refractivity contribution < 1.29 is 9.78 Å². The number of rotatable bonds is 2. The zero-order valence-electron chi connectivity index (χ0n) is 7.18. The summed E-state index contributed by atoms with van der Waals surface area (Å²) in [4.78, 5) is 9.58. The zero-order chi connectivity index (χ0) is 7.78. The third kappa shape index (κ3) is 1.70. The van der Waals surface area contributed by atoms with Crippen molar-refractivity contribution in [2.24, 2.45) is 11.3 Å². The summed E-state index contributed by atoms with van der Waals surface area (Å²) in [7, 11) is 0. The standard InChI is InChI=1S/C8H16O2/c1-5-6(7-9-10-7)8(2,3)4/h6-7H,5H2,1-4H3. The molecule has 1 aliphatic heterocycles. The van der Waals surface area contributed by atoms with Gasteiger partial charge in [-0.2, -0.15) is 9.78 Å². The molecule has 60 valence electrons. The maximum atomic E-state index is 4.79. The van der Waals surface area contributed by atoms with Gasteiger partial charge in [-0.1, -0.05) is 27.7 Å². The molecule has 0 N–H and O–H groups in total. The fourth-order valence-electron chi connectivity index (χ4n) is 1.38. The lowest BCUT2D eigenvalue weighted by Crippen LogP contribution is -2.24. The van der Waals surface area contributed by atoms with Gasteiger partial charge in [-0.05, 0) is 11.8 Å². The Balaban J connectivity index is 2.46. The van der Waals surface area contributed by atoms with Gasteiger partial charge in [0.25, 0.3) is 0 Å². The minimum absolute atomic E-state index is 0.0741. The Hall–Kier alpha value is -0.0800. The largest absolute Gasteiger partial charge is 0.227 e. The van der Waals surface area contributed by atoms with E-state index in [0.717, 1.165) is 6.42 Å². The minimum atomic E-state index is 0.0741. The lowest BCUT2D eigenvalue weighted by atomic mass is 9.79. The van der Waals surface area contributed by atoms with Crippen LogP contribution in [0.15, 0.2) is 0 Å².